The zero-order valence-electron chi connectivity index (χ0n) is 12.7. The van der Waals surface area contributed by atoms with E-state index in [4.69, 9.17) is 9.15 Å². The summed E-state index contributed by atoms with van der Waals surface area (Å²) in [6, 6.07) is 4.85. The summed E-state index contributed by atoms with van der Waals surface area (Å²) in [6.07, 6.45) is 0.303. The summed E-state index contributed by atoms with van der Waals surface area (Å²) in [7, 11) is 1.34. The van der Waals surface area contributed by atoms with Crippen LogP contribution >= 0.6 is 0 Å². The molecule has 122 valence electrons. The number of nitrogens with zero attached hydrogens (tertiary/aromatic N) is 2. The first-order valence-corrected chi connectivity index (χ1v) is 7.33. The van der Waals surface area contributed by atoms with Gasteiger partial charge in [0.05, 0.1) is 12.6 Å². The van der Waals surface area contributed by atoms with E-state index in [2.05, 4.69) is 4.98 Å². The monoisotopic (exact) mass is 319 g/mol. The van der Waals surface area contributed by atoms with Crippen molar-refractivity contribution in [1.29, 1.82) is 0 Å². The second-order valence-electron chi connectivity index (χ2n) is 5.33. The predicted molar refractivity (Wildman–Crippen MR) is 81.3 cm³/mol. The molecule has 2 amide bonds. The van der Waals surface area contributed by atoms with E-state index >= 15 is 0 Å². The molecule has 1 fully saturated rings. The lowest BCUT2D eigenvalue weighted by Crippen LogP contribution is -2.37. The van der Waals surface area contributed by atoms with Crippen LogP contribution in [0.25, 0.3) is 11.1 Å². The summed E-state index contributed by atoms with van der Waals surface area (Å²) in [5.74, 6) is -0.699. The Kier molecular flexibility index (Phi) is 4.05. The van der Waals surface area contributed by atoms with Gasteiger partial charge in [-0.15, -0.1) is 0 Å². The minimum atomic E-state index is -0.548. The van der Waals surface area contributed by atoms with Crippen molar-refractivity contribution in [3.63, 3.8) is 0 Å². The van der Waals surface area contributed by atoms with Gasteiger partial charge >= 0.3 is 11.8 Å². The Morgan fingerprint density at radius 2 is 1.91 bits per heavy atom. The van der Waals surface area contributed by atoms with Gasteiger partial charge in [-0.1, -0.05) is 0 Å². The Hall–Kier alpha value is -2.77. The molecule has 1 aliphatic heterocycles. The molecule has 1 aliphatic rings. The number of H-pyrrole nitrogens is 1. The molecule has 1 N–H and O–H groups in total. The number of hydrogen-bond donors (Lipinski definition) is 1. The fraction of sp³-hybridized carbons (Fsp3) is 0.400. The molecule has 2 aromatic rings. The zero-order chi connectivity index (χ0) is 16.4. The molecule has 1 aromatic carbocycles. The van der Waals surface area contributed by atoms with Crippen molar-refractivity contribution >= 4 is 23.1 Å². The maximum Gasteiger partial charge on any atom is 0.417 e. The third kappa shape index (κ3) is 3.05. The summed E-state index contributed by atoms with van der Waals surface area (Å²) >= 11 is 0. The normalized spacial score (nSPS) is 15.5. The number of amides is 2. The number of aromatic nitrogens is 1. The lowest BCUT2D eigenvalue weighted by molar-refractivity contribution is 0.0757. The highest BCUT2D eigenvalue weighted by Gasteiger charge is 2.23. The molecular formula is C15H17N3O5. The maximum absolute atomic E-state index is 12.6. The van der Waals surface area contributed by atoms with Crippen LogP contribution in [0.5, 0.6) is 0 Å². The first kappa shape index (κ1) is 15.1. The molecule has 0 saturated carbocycles. The number of rotatable bonds is 1. The van der Waals surface area contributed by atoms with E-state index < -0.39 is 5.76 Å². The average molecular weight is 319 g/mol. The van der Waals surface area contributed by atoms with E-state index in [1.807, 2.05) is 0 Å². The topological polar surface area (TPSA) is 95.9 Å². The number of nitrogens with one attached hydrogen (secondary N) is 1. The third-order valence-corrected chi connectivity index (χ3v) is 3.88. The highest BCUT2D eigenvalue weighted by molar-refractivity contribution is 5.97. The average Bonchev–Trinajstić information content (AvgIpc) is 2.77. The second-order valence-corrected chi connectivity index (χ2v) is 5.33. The van der Waals surface area contributed by atoms with Crippen molar-refractivity contribution in [2.24, 2.45) is 0 Å². The molecule has 0 aliphatic carbocycles. The van der Waals surface area contributed by atoms with Crippen LogP contribution in [-0.4, -0.2) is 60.1 Å². The molecule has 1 saturated heterocycles. The van der Waals surface area contributed by atoms with Crippen molar-refractivity contribution in [3.05, 3.63) is 34.3 Å². The molecule has 3 rings (SSSR count). The Bertz CT molecular complexity index is 794. The molecule has 8 heteroatoms. The van der Waals surface area contributed by atoms with E-state index in [0.29, 0.717) is 49.3 Å². The van der Waals surface area contributed by atoms with E-state index in [9.17, 15) is 14.4 Å². The molecule has 0 unspecified atom stereocenters. The molecule has 0 atom stereocenters. The van der Waals surface area contributed by atoms with Crippen LogP contribution in [0, 0.1) is 0 Å². The van der Waals surface area contributed by atoms with Gasteiger partial charge in [0.15, 0.2) is 5.58 Å². The largest absolute Gasteiger partial charge is 0.453 e. The molecular weight excluding hydrogens is 302 g/mol. The molecule has 0 radical (unpaired) electrons. The Labute approximate surface area is 131 Å². The van der Waals surface area contributed by atoms with Gasteiger partial charge in [-0.05, 0) is 24.6 Å². The van der Waals surface area contributed by atoms with Crippen LogP contribution < -0.4 is 5.76 Å². The van der Waals surface area contributed by atoms with Crippen LogP contribution in [0.2, 0.25) is 0 Å². The van der Waals surface area contributed by atoms with Gasteiger partial charge in [-0.3, -0.25) is 9.78 Å². The zero-order valence-corrected chi connectivity index (χ0v) is 12.7. The number of methoxy groups -OCH3 is 1. The van der Waals surface area contributed by atoms with Crippen LogP contribution in [0.1, 0.15) is 16.8 Å². The van der Waals surface area contributed by atoms with Gasteiger partial charge in [0, 0.05) is 31.7 Å². The van der Waals surface area contributed by atoms with E-state index in [0.717, 1.165) is 0 Å². The number of aromatic amines is 1. The Morgan fingerprint density at radius 3 is 2.70 bits per heavy atom. The van der Waals surface area contributed by atoms with Crippen molar-refractivity contribution in [3.8, 4) is 0 Å². The molecule has 0 bridgehead atoms. The van der Waals surface area contributed by atoms with Crippen LogP contribution in [0.4, 0.5) is 4.79 Å². The smallest absolute Gasteiger partial charge is 0.417 e. The minimum Gasteiger partial charge on any atom is -0.453 e. The number of oxazole rings is 1. The molecule has 8 nitrogen and oxygen atoms in total. The SMILES string of the molecule is COC(=O)N1CCCN(C(=O)c2ccc3[nH]c(=O)oc3c2)CC1. The minimum absolute atomic E-state index is 0.150. The number of carbonyl (C=O) groups is 2. The maximum atomic E-state index is 12.6. The fourth-order valence-electron chi connectivity index (χ4n) is 2.69. The van der Waals surface area contributed by atoms with Gasteiger partial charge in [-0.25, -0.2) is 9.59 Å². The van der Waals surface area contributed by atoms with Gasteiger partial charge < -0.3 is 19.0 Å². The second kappa shape index (κ2) is 6.15. The highest BCUT2D eigenvalue weighted by Crippen LogP contribution is 2.15. The van der Waals surface area contributed by atoms with E-state index in [-0.39, 0.29) is 12.0 Å². The van der Waals surface area contributed by atoms with Crippen LogP contribution in [0.15, 0.2) is 27.4 Å². The number of fused-ring (bicyclic) bond motifs is 1. The molecule has 1 aromatic heterocycles. The summed E-state index contributed by atoms with van der Waals surface area (Å²) in [5, 5.41) is 0. The number of carbonyl (C=O) groups excluding carboxylic acids is 2. The van der Waals surface area contributed by atoms with E-state index in [1.54, 1.807) is 28.0 Å². The number of hydrogen-bond acceptors (Lipinski definition) is 5. The lowest BCUT2D eigenvalue weighted by Gasteiger charge is -2.21. The van der Waals surface area contributed by atoms with Crippen molar-refractivity contribution in [1.82, 2.24) is 14.8 Å². The van der Waals surface area contributed by atoms with Crippen LogP contribution in [-0.2, 0) is 4.74 Å². The van der Waals surface area contributed by atoms with Gasteiger partial charge in [0.1, 0.15) is 0 Å². The fourth-order valence-corrected chi connectivity index (χ4v) is 2.69. The van der Waals surface area contributed by atoms with E-state index in [1.165, 1.54) is 7.11 Å². The Balaban J connectivity index is 1.76. The third-order valence-electron chi connectivity index (χ3n) is 3.88. The first-order chi connectivity index (χ1) is 11.1. The van der Waals surface area contributed by atoms with Crippen molar-refractivity contribution in [2.45, 2.75) is 6.42 Å². The van der Waals surface area contributed by atoms with Gasteiger partial charge in [-0.2, -0.15) is 0 Å². The summed E-state index contributed by atoms with van der Waals surface area (Å²) in [4.78, 5) is 41.2. The highest BCUT2D eigenvalue weighted by atomic mass is 16.5. The predicted octanol–water partition coefficient (Wildman–Crippen LogP) is 1.04. The summed E-state index contributed by atoms with van der Waals surface area (Å²) in [5.41, 5.74) is 1.36. The summed E-state index contributed by atoms with van der Waals surface area (Å²) < 4.78 is 9.70. The molecule has 0 spiro atoms. The van der Waals surface area contributed by atoms with Crippen LogP contribution in [0.3, 0.4) is 0 Å². The Morgan fingerprint density at radius 1 is 1.17 bits per heavy atom. The van der Waals surface area contributed by atoms with Crippen molar-refractivity contribution in [2.75, 3.05) is 33.3 Å². The first-order valence-electron chi connectivity index (χ1n) is 7.33. The standard InChI is InChI=1S/C15H17N3O5/c1-22-15(21)18-6-2-5-17(7-8-18)13(19)10-3-4-11-12(9-10)23-14(20)16-11/h3-4,9H,2,5-8H2,1H3,(H,16,20). The van der Waals surface area contributed by atoms with Gasteiger partial charge in [0.2, 0.25) is 0 Å². The quantitative estimate of drug-likeness (QED) is 0.847. The summed E-state index contributed by atoms with van der Waals surface area (Å²) in [6.45, 7) is 1.98. The molecule has 2 heterocycles. The number of benzene rings is 1. The molecule has 23 heavy (non-hydrogen) atoms. The lowest BCUT2D eigenvalue weighted by atomic mass is 10.1. The van der Waals surface area contributed by atoms with Crippen molar-refractivity contribution < 1.29 is 18.7 Å². The van der Waals surface area contributed by atoms with Gasteiger partial charge in [0.25, 0.3) is 5.91 Å². The number of ether oxygens (including phenoxy) is 1.